The molecule has 0 bridgehead atoms. The highest BCUT2D eigenvalue weighted by molar-refractivity contribution is 6.13. The highest BCUT2D eigenvalue weighted by Gasteiger charge is 2.37. The van der Waals surface area contributed by atoms with Gasteiger partial charge in [0.05, 0.1) is 83.5 Å². The van der Waals surface area contributed by atoms with Gasteiger partial charge in [-0.25, -0.2) is 0 Å². The molecule has 0 amide bonds. The summed E-state index contributed by atoms with van der Waals surface area (Å²) in [5.41, 5.74) is -4.48. The SMILES string of the molecule is N#Cc1c(-n2c3ccc(C(F)(F)F)cc3c3cc(C(F)(F)F)ccc32)cc(-n2c3ccc(C(F)(F)F)cc3c3cc(C(F)(F)F)ccc32)c(C#N)c1-c1ccccc1-n1c2ccccc2c2ccccc21. The third-order valence-corrected chi connectivity index (χ3v) is 12.8. The molecule has 0 saturated carbocycles. The number of halogens is 12. The summed E-state index contributed by atoms with van der Waals surface area (Å²) in [6.45, 7) is 0. The molecule has 8 aromatic carbocycles. The first-order valence-electron chi connectivity index (χ1n) is 21.2. The maximum Gasteiger partial charge on any atom is 0.416 e. The van der Waals surface area contributed by atoms with E-state index in [4.69, 9.17) is 0 Å². The Kier molecular flexibility index (Phi) is 9.71. The molecule has 3 heterocycles. The van der Waals surface area contributed by atoms with Crippen LogP contribution in [0.2, 0.25) is 0 Å². The predicted octanol–water partition coefficient (Wildman–Crippen LogP) is 16.5. The second kappa shape index (κ2) is 15.4. The average molecular weight is 972 g/mol. The van der Waals surface area contributed by atoms with Crippen molar-refractivity contribution in [2.24, 2.45) is 0 Å². The average Bonchev–Trinajstić information content (AvgIpc) is 3.97. The molecule has 0 N–H and O–H groups in total. The zero-order chi connectivity index (χ0) is 50.1. The first kappa shape index (κ1) is 44.8. The molecule has 0 unspecified atom stereocenters. The summed E-state index contributed by atoms with van der Waals surface area (Å²) >= 11 is 0. The number of fused-ring (bicyclic) bond motifs is 9. The van der Waals surface area contributed by atoms with Crippen LogP contribution in [-0.4, -0.2) is 13.7 Å². The number of benzene rings is 8. The molecule has 0 radical (unpaired) electrons. The molecule has 0 aliphatic heterocycles. The number of nitriles is 2. The molecule has 11 aromatic rings. The van der Waals surface area contributed by atoms with Gasteiger partial charge in [0.2, 0.25) is 0 Å². The molecule has 0 spiro atoms. The summed E-state index contributed by atoms with van der Waals surface area (Å²) in [5.74, 6) is 0. The fraction of sp³-hybridized carbons (Fsp3) is 0.0741. The molecule has 350 valence electrons. The molecule has 17 heteroatoms. The Morgan fingerprint density at radius 3 is 0.944 bits per heavy atom. The van der Waals surface area contributed by atoms with Crippen LogP contribution in [0.3, 0.4) is 0 Å². The third-order valence-electron chi connectivity index (χ3n) is 12.8. The van der Waals surface area contributed by atoms with E-state index in [0.29, 0.717) is 65.3 Å². The second-order valence-corrected chi connectivity index (χ2v) is 16.7. The Morgan fingerprint density at radius 2 is 0.606 bits per heavy atom. The van der Waals surface area contributed by atoms with Gasteiger partial charge < -0.3 is 13.7 Å². The lowest BCUT2D eigenvalue weighted by Gasteiger charge is -2.22. The van der Waals surface area contributed by atoms with Crippen molar-refractivity contribution in [3.05, 3.63) is 185 Å². The van der Waals surface area contributed by atoms with Crippen molar-refractivity contribution in [2.45, 2.75) is 24.7 Å². The fourth-order valence-corrected chi connectivity index (χ4v) is 9.84. The van der Waals surface area contributed by atoms with Gasteiger partial charge in [-0.15, -0.1) is 0 Å². The molecule has 71 heavy (non-hydrogen) atoms. The molecule has 0 saturated heterocycles. The van der Waals surface area contributed by atoms with Crippen molar-refractivity contribution >= 4 is 65.4 Å². The van der Waals surface area contributed by atoms with Crippen LogP contribution in [0.4, 0.5) is 52.7 Å². The summed E-state index contributed by atoms with van der Waals surface area (Å²) in [7, 11) is 0. The highest BCUT2D eigenvalue weighted by atomic mass is 19.4. The van der Waals surface area contributed by atoms with E-state index in [9.17, 15) is 63.2 Å². The zero-order valence-electron chi connectivity index (χ0n) is 35.7. The lowest BCUT2D eigenvalue weighted by atomic mass is 9.90. The van der Waals surface area contributed by atoms with Gasteiger partial charge >= 0.3 is 24.7 Å². The normalized spacial score (nSPS) is 12.8. The molecule has 3 aromatic heterocycles. The number of nitrogens with zero attached hydrogens (tertiary/aromatic N) is 5. The molecule has 0 fully saturated rings. The molecule has 5 nitrogen and oxygen atoms in total. The van der Waals surface area contributed by atoms with Crippen molar-refractivity contribution in [1.29, 1.82) is 10.5 Å². The first-order valence-corrected chi connectivity index (χ1v) is 21.2. The van der Waals surface area contributed by atoms with Gasteiger partial charge in [-0.3, -0.25) is 0 Å². The van der Waals surface area contributed by atoms with Crippen LogP contribution in [0.5, 0.6) is 0 Å². The molecule has 0 aliphatic carbocycles. The molecule has 11 rings (SSSR count). The van der Waals surface area contributed by atoms with Crippen molar-refractivity contribution in [1.82, 2.24) is 13.7 Å². The maximum atomic E-state index is 14.4. The van der Waals surface area contributed by atoms with E-state index in [-0.39, 0.29) is 77.2 Å². The minimum absolute atomic E-state index is 0.118. The third kappa shape index (κ3) is 6.94. The number of hydrogen-bond donors (Lipinski definition) is 0. The van der Waals surface area contributed by atoms with Crippen LogP contribution in [0.15, 0.2) is 152 Å². The van der Waals surface area contributed by atoms with Gasteiger partial charge in [0, 0.05) is 43.4 Å². The lowest BCUT2D eigenvalue weighted by molar-refractivity contribution is -0.138. The van der Waals surface area contributed by atoms with E-state index >= 15 is 0 Å². The standard InChI is InChI=1S/C54H25F12N5/c55-51(56,57)28-13-17-44-35(21-28)36-22-29(52(58,59)60)14-18-45(36)70(44)48-25-49(71-46-19-15-30(53(61,62)63)23-37(46)38-24-31(54(64,65)66)16-20-47(38)71)40(27-68)50(39(48)26-67)34-9-3-6-12-43(34)69-41-10-4-1-7-32(41)33-8-2-5-11-42(33)69/h1-25H. The predicted molar refractivity (Wildman–Crippen MR) is 244 cm³/mol. The lowest BCUT2D eigenvalue weighted by Crippen LogP contribution is -2.09. The summed E-state index contributed by atoms with van der Waals surface area (Å²) < 4.78 is 177. The van der Waals surface area contributed by atoms with Crippen molar-refractivity contribution in [2.75, 3.05) is 0 Å². The van der Waals surface area contributed by atoms with E-state index in [2.05, 4.69) is 12.1 Å². The first-order chi connectivity index (χ1) is 33.7. The van der Waals surface area contributed by atoms with Crippen LogP contribution >= 0.6 is 0 Å². The highest BCUT2D eigenvalue weighted by Crippen LogP contribution is 2.47. The minimum Gasteiger partial charge on any atom is -0.309 e. The van der Waals surface area contributed by atoms with Gasteiger partial charge in [-0.2, -0.15) is 63.2 Å². The molecule has 0 aliphatic rings. The fourth-order valence-electron chi connectivity index (χ4n) is 9.84. The quantitative estimate of drug-likeness (QED) is 0.165. The van der Waals surface area contributed by atoms with Crippen LogP contribution in [0.25, 0.3) is 93.6 Å². The molecular formula is C54H25F12N5. The summed E-state index contributed by atoms with van der Waals surface area (Å²) in [5, 5.41) is 23.4. The Bertz CT molecular complexity index is 3770. The number of hydrogen-bond acceptors (Lipinski definition) is 2. The minimum atomic E-state index is -4.96. The van der Waals surface area contributed by atoms with E-state index in [1.165, 1.54) is 15.2 Å². The smallest absolute Gasteiger partial charge is 0.309 e. The Morgan fingerprint density at radius 1 is 0.310 bits per heavy atom. The van der Waals surface area contributed by atoms with Crippen molar-refractivity contribution in [3.8, 4) is 40.3 Å². The van der Waals surface area contributed by atoms with E-state index in [1.807, 2.05) is 41.0 Å². The molecular weight excluding hydrogens is 947 g/mol. The number of aromatic nitrogens is 3. The van der Waals surface area contributed by atoms with Gasteiger partial charge in [0.15, 0.2) is 0 Å². The summed E-state index contributed by atoms with van der Waals surface area (Å²) in [6, 6.07) is 36.5. The van der Waals surface area contributed by atoms with E-state index in [0.717, 1.165) is 35.0 Å². The van der Waals surface area contributed by atoms with Gasteiger partial charge in [-0.1, -0.05) is 54.6 Å². The zero-order valence-corrected chi connectivity index (χ0v) is 35.7. The van der Waals surface area contributed by atoms with Gasteiger partial charge in [-0.05, 0) is 97.1 Å². The second-order valence-electron chi connectivity index (χ2n) is 16.7. The van der Waals surface area contributed by atoms with Crippen molar-refractivity contribution < 1.29 is 52.7 Å². The molecule has 0 atom stereocenters. The Balaban J connectivity index is 1.35. The van der Waals surface area contributed by atoms with Crippen LogP contribution in [0, 0.1) is 22.7 Å². The van der Waals surface area contributed by atoms with Gasteiger partial charge in [0.25, 0.3) is 0 Å². The largest absolute Gasteiger partial charge is 0.416 e. The van der Waals surface area contributed by atoms with Crippen molar-refractivity contribution in [3.63, 3.8) is 0 Å². The summed E-state index contributed by atoms with van der Waals surface area (Å²) in [4.78, 5) is 0. The monoisotopic (exact) mass is 971 g/mol. The number of rotatable bonds is 4. The van der Waals surface area contributed by atoms with E-state index < -0.39 is 47.0 Å². The topological polar surface area (TPSA) is 62.4 Å². The number of alkyl halides is 12. The van der Waals surface area contributed by atoms with Crippen LogP contribution in [0.1, 0.15) is 33.4 Å². The van der Waals surface area contributed by atoms with Crippen LogP contribution in [-0.2, 0) is 24.7 Å². The summed E-state index contributed by atoms with van der Waals surface area (Å²) in [6.07, 6.45) is -19.8. The van der Waals surface area contributed by atoms with Gasteiger partial charge in [0.1, 0.15) is 12.1 Å². The Labute approximate surface area is 391 Å². The van der Waals surface area contributed by atoms with Crippen LogP contribution < -0.4 is 0 Å². The maximum absolute atomic E-state index is 14.4. The Hall–Kier alpha value is -8.70. The van der Waals surface area contributed by atoms with E-state index in [1.54, 1.807) is 36.4 Å². The number of para-hydroxylation sites is 3.